The van der Waals surface area contributed by atoms with E-state index in [4.69, 9.17) is 14.9 Å². The van der Waals surface area contributed by atoms with Gasteiger partial charge in [0.15, 0.2) is 5.69 Å². The number of aromatic carboxylic acids is 1. The molecule has 38 heavy (non-hydrogen) atoms. The Morgan fingerprint density at radius 2 is 1.87 bits per heavy atom. The van der Waals surface area contributed by atoms with Crippen molar-refractivity contribution in [1.29, 1.82) is 5.41 Å². The molecule has 0 aromatic carbocycles. The normalized spacial score (nSPS) is 19.3. The van der Waals surface area contributed by atoms with E-state index in [0.717, 1.165) is 77.2 Å². The molecule has 0 amide bonds. The van der Waals surface area contributed by atoms with Crippen LogP contribution in [0.15, 0.2) is 24.3 Å². The molecule has 2 aromatic rings. The number of pyridine rings is 2. The Balaban J connectivity index is 1.48. The third-order valence-electron chi connectivity index (χ3n) is 7.69. The predicted octanol–water partition coefficient (Wildman–Crippen LogP) is 4.17. The Hall–Kier alpha value is -3.24. The predicted molar refractivity (Wildman–Crippen MR) is 146 cm³/mol. The standard InChI is InChI=1S/C28H38N6O4/c1-18(2)38-24-8-4-7-23(31-24)32-27-25(26(29)19-5-3-6-19)22(17-21(30-27)28(35)36)34-11-9-20(10-12-34)33-13-15-37-16-14-33/h4,7-8,17-20,29H,3,5-6,9-16H2,1-2H3,(H,35,36)(H,30,31,32). The Labute approximate surface area is 223 Å². The quantitative estimate of drug-likeness (QED) is 0.416. The average molecular weight is 523 g/mol. The Morgan fingerprint density at radius 3 is 2.50 bits per heavy atom. The van der Waals surface area contributed by atoms with Gasteiger partial charge in [-0.2, -0.15) is 4.98 Å². The molecule has 1 saturated carbocycles. The zero-order valence-electron chi connectivity index (χ0n) is 22.3. The van der Waals surface area contributed by atoms with Crippen LogP contribution in [0.2, 0.25) is 0 Å². The summed E-state index contributed by atoms with van der Waals surface area (Å²) in [4.78, 5) is 25.9. The number of rotatable bonds is 9. The summed E-state index contributed by atoms with van der Waals surface area (Å²) in [5.74, 6) is 0.393. The second kappa shape index (κ2) is 11.7. The van der Waals surface area contributed by atoms with Gasteiger partial charge in [0, 0.05) is 49.9 Å². The van der Waals surface area contributed by atoms with Crippen LogP contribution in [-0.2, 0) is 4.74 Å². The molecule has 0 spiro atoms. The number of carboxylic acid groups (broad SMARTS) is 1. The SMILES string of the molecule is CC(C)Oc1cccc(Nc2nc(C(=O)O)cc(N3CCC(N4CCOCC4)CC3)c2C(=N)C2CCC2)n1. The Bertz CT molecular complexity index is 1150. The molecule has 1 aliphatic carbocycles. The van der Waals surface area contributed by atoms with Gasteiger partial charge in [0.05, 0.1) is 30.6 Å². The lowest BCUT2D eigenvalue weighted by atomic mass is 9.79. The van der Waals surface area contributed by atoms with Crippen LogP contribution in [0.3, 0.4) is 0 Å². The van der Waals surface area contributed by atoms with Crippen LogP contribution in [0.4, 0.5) is 17.3 Å². The molecule has 2 aromatic heterocycles. The number of carboxylic acids is 1. The summed E-state index contributed by atoms with van der Waals surface area (Å²) in [5, 5.41) is 22.3. The Kier molecular flexibility index (Phi) is 8.09. The van der Waals surface area contributed by atoms with Gasteiger partial charge >= 0.3 is 5.97 Å². The fraction of sp³-hybridized carbons (Fsp3) is 0.571. The number of morpholine rings is 1. The highest BCUT2D eigenvalue weighted by molar-refractivity contribution is 6.10. The number of anilines is 3. The molecule has 3 N–H and O–H groups in total. The van der Waals surface area contributed by atoms with Gasteiger partial charge in [0.1, 0.15) is 11.6 Å². The largest absolute Gasteiger partial charge is 0.477 e. The molecule has 4 heterocycles. The van der Waals surface area contributed by atoms with Crippen LogP contribution in [0.25, 0.3) is 0 Å². The van der Waals surface area contributed by atoms with Crippen LogP contribution in [-0.4, -0.2) is 83.2 Å². The summed E-state index contributed by atoms with van der Waals surface area (Å²) >= 11 is 0. The fourth-order valence-electron chi connectivity index (χ4n) is 5.48. The zero-order valence-corrected chi connectivity index (χ0v) is 22.3. The van der Waals surface area contributed by atoms with E-state index in [9.17, 15) is 9.90 Å². The summed E-state index contributed by atoms with van der Waals surface area (Å²) in [6.07, 6.45) is 4.98. The van der Waals surface area contributed by atoms with E-state index in [1.807, 2.05) is 19.9 Å². The van der Waals surface area contributed by atoms with E-state index in [2.05, 4.69) is 25.1 Å². The van der Waals surface area contributed by atoms with Crippen molar-refractivity contribution in [3.63, 3.8) is 0 Å². The van der Waals surface area contributed by atoms with Crippen molar-refractivity contribution in [1.82, 2.24) is 14.9 Å². The molecule has 3 fully saturated rings. The minimum absolute atomic E-state index is 0.0273. The van der Waals surface area contributed by atoms with Crippen molar-refractivity contribution < 1.29 is 19.4 Å². The van der Waals surface area contributed by atoms with E-state index in [1.165, 1.54) is 0 Å². The molecule has 10 nitrogen and oxygen atoms in total. The number of aromatic nitrogens is 2. The first-order valence-corrected chi connectivity index (χ1v) is 13.7. The second-order valence-corrected chi connectivity index (χ2v) is 10.6. The first-order chi connectivity index (χ1) is 18.4. The maximum absolute atomic E-state index is 12.1. The summed E-state index contributed by atoms with van der Waals surface area (Å²) in [5.41, 5.74) is 1.92. The highest BCUT2D eigenvalue weighted by Gasteiger charge is 2.33. The van der Waals surface area contributed by atoms with Crippen molar-refractivity contribution in [2.75, 3.05) is 49.6 Å². The maximum Gasteiger partial charge on any atom is 0.354 e. The van der Waals surface area contributed by atoms with Crippen molar-refractivity contribution >= 4 is 29.0 Å². The van der Waals surface area contributed by atoms with Gasteiger partial charge in [0.25, 0.3) is 0 Å². The van der Waals surface area contributed by atoms with E-state index < -0.39 is 5.97 Å². The molecule has 5 rings (SSSR count). The zero-order chi connectivity index (χ0) is 26.6. The van der Waals surface area contributed by atoms with Gasteiger partial charge in [0.2, 0.25) is 5.88 Å². The molecule has 2 aliphatic heterocycles. The number of carbonyl (C=O) groups is 1. The van der Waals surface area contributed by atoms with Gasteiger partial charge in [-0.3, -0.25) is 4.90 Å². The van der Waals surface area contributed by atoms with E-state index in [-0.39, 0.29) is 17.7 Å². The highest BCUT2D eigenvalue weighted by atomic mass is 16.5. The number of nitrogens with zero attached hydrogens (tertiary/aromatic N) is 4. The number of hydrogen-bond acceptors (Lipinski definition) is 9. The second-order valence-electron chi connectivity index (χ2n) is 10.6. The first kappa shape index (κ1) is 26.4. The number of piperidine rings is 1. The van der Waals surface area contributed by atoms with Crippen molar-refractivity contribution in [3.8, 4) is 5.88 Å². The number of ether oxygens (including phenoxy) is 2. The summed E-state index contributed by atoms with van der Waals surface area (Å²) in [6, 6.07) is 7.57. The van der Waals surface area contributed by atoms with Gasteiger partial charge < -0.3 is 30.2 Å². The molecule has 10 heteroatoms. The molecular formula is C28H38N6O4. The minimum Gasteiger partial charge on any atom is -0.477 e. The van der Waals surface area contributed by atoms with Crippen molar-refractivity contribution in [3.05, 3.63) is 35.5 Å². The van der Waals surface area contributed by atoms with Crippen LogP contribution < -0.4 is 15.0 Å². The fourth-order valence-corrected chi connectivity index (χ4v) is 5.48. The molecule has 204 valence electrons. The lowest BCUT2D eigenvalue weighted by molar-refractivity contribution is 0.0115. The van der Waals surface area contributed by atoms with Gasteiger partial charge in [-0.1, -0.05) is 12.5 Å². The molecule has 0 atom stereocenters. The van der Waals surface area contributed by atoms with Gasteiger partial charge in [-0.15, -0.1) is 0 Å². The topological polar surface area (TPSA) is 124 Å². The molecular weight excluding hydrogens is 484 g/mol. The Morgan fingerprint density at radius 1 is 1.13 bits per heavy atom. The summed E-state index contributed by atoms with van der Waals surface area (Å²) in [6.45, 7) is 8.95. The molecule has 0 unspecified atom stereocenters. The third-order valence-corrected chi connectivity index (χ3v) is 7.69. The van der Waals surface area contributed by atoms with Crippen LogP contribution in [0, 0.1) is 11.3 Å². The molecule has 2 saturated heterocycles. The van der Waals surface area contributed by atoms with Crippen molar-refractivity contribution in [2.45, 2.75) is 58.1 Å². The highest BCUT2D eigenvalue weighted by Crippen LogP contribution is 2.38. The maximum atomic E-state index is 12.1. The molecule has 0 radical (unpaired) electrons. The molecule has 3 aliphatic rings. The smallest absolute Gasteiger partial charge is 0.354 e. The van der Waals surface area contributed by atoms with Gasteiger partial charge in [-0.25, -0.2) is 9.78 Å². The van der Waals surface area contributed by atoms with Gasteiger partial charge in [-0.05, 0) is 51.7 Å². The van der Waals surface area contributed by atoms with Crippen LogP contribution in [0.1, 0.15) is 62.0 Å². The van der Waals surface area contributed by atoms with E-state index >= 15 is 0 Å². The van der Waals surface area contributed by atoms with Crippen LogP contribution in [0.5, 0.6) is 5.88 Å². The third kappa shape index (κ3) is 5.91. The number of nitrogens with one attached hydrogen (secondary N) is 2. The van der Waals surface area contributed by atoms with Crippen molar-refractivity contribution in [2.24, 2.45) is 5.92 Å². The van der Waals surface area contributed by atoms with Crippen LogP contribution >= 0.6 is 0 Å². The molecule has 0 bridgehead atoms. The summed E-state index contributed by atoms with van der Waals surface area (Å²) in [7, 11) is 0. The average Bonchev–Trinajstić information content (AvgIpc) is 2.87. The summed E-state index contributed by atoms with van der Waals surface area (Å²) < 4.78 is 11.3. The monoisotopic (exact) mass is 522 g/mol. The lowest BCUT2D eigenvalue weighted by Crippen LogP contribution is -2.49. The minimum atomic E-state index is -1.09. The number of hydrogen-bond donors (Lipinski definition) is 3. The van der Waals surface area contributed by atoms with E-state index in [1.54, 1.807) is 18.2 Å². The first-order valence-electron chi connectivity index (χ1n) is 13.7. The van der Waals surface area contributed by atoms with E-state index in [0.29, 0.717) is 34.8 Å². The lowest BCUT2D eigenvalue weighted by Gasteiger charge is -2.41.